The molecule has 2 nitrogen and oxygen atoms in total. The average Bonchev–Trinajstić information content (AvgIpc) is 1.97. The van der Waals surface area contributed by atoms with Crippen LogP contribution in [0.3, 0.4) is 0 Å². The highest BCUT2D eigenvalue weighted by Gasteiger charge is 2.14. The second-order valence-corrected chi connectivity index (χ2v) is 4.71. The normalized spacial score (nSPS) is 11.7. The van der Waals surface area contributed by atoms with Crippen LogP contribution in [-0.2, 0) is 10.2 Å². The van der Waals surface area contributed by atoms with E-state index in [1.165, 1.54) is 6.07 Å². The van der Waals surface area contributed by atoms with Gasteiger partial charge in [-0.05, 0) is 24.6 Å². The molecule has 0 aliphatic rings. The maximum atomic E-state index is 12.5. The van der Waals surface area contributed by atoms with E-state index < -0.39 is 15.1 Å². The summed E-state index contributed by atoms with van der Waals surface area (Å²) in [6.45, 7) is 1.60. The van der Waals surface area contributed by atoms with E-state index in [0.29, 0.717) is 10.5 Å². The van der Waals surface area contributed by atoms with Crippen LogP contribution < -0.4 is 0 Å². The number of benzene rings is 1. The van der Waals surface area contributed by atoms with E-state index in [-0.39, 0.29) is 5.02 Å². The second-order valence-electron chi connectivity index (χ2n) is 2.51. The highest BCUT2D eigenvalue weighted by Crippen LogP contribution is 2.27. The molecule has 0 heterocycles. The van der Waals surface area contributed by atoms with Crippen LogP contribution in [0.25, 0.3) is 0 Å². The summed E-state index contributed by atoms with van der Waals surface area (Å²) in [6, 6.07) is 2.22. The largest absolute Gasteiger partial charge is 0.332 e. The summed E-state index contributed by atoms with van der Waals surface area (Å²) in [5.41, 5.74) is 0.520. The first-order valence-corrected chi connectivity index (χ1v) is 5.47. The third kappa shape index (κ3) is 2.36. The number of halogens is 2. The van der Waals surface area contributed by atoms with Crippen LogP contribution in [0.2, 0.25) is 5.02 Å². The molecule has 0 unspecified atom stereocenters. The Morgan fingerprint density at radius 3 is 2.38 bits per heavy atom. The minimum Gasteiger partial charge on any atom is -0.189 e. The molecule has 0 amide bonds. The Morgan fingerprint density at radius 1 is 1.46 bits per heavy atom. The highest BCUT2D eigenvalue weighted by atomic mass is 35.5. The van der Waals surface area contributed by atoms with Gasteiger partial charge in [-0.15, -0.1) is 16.5 Å². The predicted molar refractivity (Wildman–Crippen MR) is 51.7 cm³/mol. The SMILES string of the molecule is Cc1cc(S(=O)(=O)F)cc(Cl)c1S. The van der Waals surface area contributed by atoms with Crippen LogP contribution in [0, 0.1) is 6.92 Å². The molecule has 0 saturated heterocycles. The van der Waals surface area contributed by atoms with Gasteiger partial charge in [0.05, 0.1) is 5.02 Å². The zero-order valence-electron chi connectivity index (χ0n) is 6.58. The van der Waals surface area contributed by atoms with Crippen LogP contribution in [-0.4, -0.2) is 8.42 Å². The molecule has 0 radical (unpaired) electrons. The Morgan fingerprint density at radius 2 is 2.00 bits per heavy atom. The van der Waals surface area contributed by atoms with Crippen LogP contribution in [0.1, 0.15) is 5.56 Å². The van der Waals surface area contributed by atoms with Crippen molar-refractivity contribution in [2.75, 3.05) is 0 Å². The van der Waals surface area contributed by atoms with Crippen LogP contribution in [0.15, 0.2) is 21.9 Å². The number of hydrogen-bond donors (Lipinski definition) is 1. The molecular formula is C7H6ClFO2S2. The standard InChI is InChI=1S/C7H6ClFO2S2/c1-4-2-5(13(9,10)11)3-6(8)7(4)12/h2-3,12H,1H3. The Balaban J connectivity index is 3.47. The van der Waals surface area contributed by atoms with Crippen molar-refractivity contribution in [3.63, 3.8) is 0 Å². The third-order valence-electron chi connectivity index (χ3n) is 1.51. The maximum Gasteiger partial charge on any atom is 0.332 e. The van der Waals surface area contributed by atoms with Gasteiger partial charge in [0, 0.05) is 4.90 Å². The van der Waals surface area contributed by atoms with Gasteiger partial charge in [-0.1, -0.05) is 11.6 Å². The Bertz CT molecular complexity index is 419. The van der Waals surface area contributed by atoms with Crippen molar-refractivity contribution >= 4 is 34.5 Å². The Labute approximate surface area is 86.3 Å². The van der Waals surface area contributed by atoms with E-state index in [1.807, 2.05) is 0 Å². The lowest BCUT2D eigenvalue weighted by molar-refractivity contribution is 0.552. The van der Waals surface area contributed by atoms with Gasteiger partial charge in [0.25, 0.3) is 0 Å². The molecule has 72 valence electrons. The Hall–Kier alpha value is -0.260. The van der Waals surface area contributed by atoms with E-state index in [0.717, 1.165) is 6.07 Å². The fourth-order valence-electron chi connectivity index (χ4n) is 0.846. The molecule has 0 aromatic heterocycles. The minimum atomic E-state index is -4.68. The third-order valence-corrected chi connectivity index (χ3v) is 3.33. The zero-order chi connectivity index (χ0) is 10.2. The maximum absolute atomic E-state index is 12.5. The molecule has 13 heavy (non-hydrogen) atoms. The van der Waals surface area contributed by atoms with E-state index in [4.69, 9.17) is 11.6 Å². The molecule has 0 aliphatic heterocycles. The molecule has 0 N–H and O–H groups in total. The van der Waals surface area contributed by atoms with Gasteiger partial charge < -0.3 is 0 Å². The molecule has 1 rings (SSSR count). The first-order chi connectivity index (χ1) is 5.82. The average molecular weight is 241 g/mol. The van der Waals surface area contributed by atoms with Crippen molar-refractivity contribution in [2.45, 2.75) is 16.7 Å². The van der Waals surface area contributed by atoms with Gasteiger partial charge in [-0.3, -0.25) is 0 Å². The fraction of sp³-hybridized carbons (Fsp3) is 0.143. The molecule has 0 saturated carbocycles. The van der Waals surface area contributed by atoms with Gasteiger partial charge in [0.15, 0.2) is 0 Å². The summed E-state index contributed by atoms with van der Waals surface area (Å²) in [5, 5.41) is 0.125. The van der Waals surface area contributed by atoms with Gasteiger partial charge in [0.1, 0.15) is 4.90 Å². The van der Waals surface area contributed by atoms with Crippen molar-refractivity contribution < 1.29 is 12.3 Å². The molecule has 6 heteroatoms. The van der Waals surface area contributed by atoms with Gasteiger partial charge >= 0.3 is 10.2 Å². The topological polar surface area (TPSA) is 34.1 Å². The number of aryl methyl sites for hydroxylation is 1. The molecule has 0 aliphatic carbocycles. The summed E-state index contributed by atoms with van der Waals surface area (Å²) < 4.78 is 33.5. The van der Waals surface area contributed by atoms with Gasteiger partial charge in [-0.2, -0.15) is 8.42 Å². The van der Waals surface area contributed by atoms with Crippen molar-refractivity contribution in [3.8, 4) is 0 Å². The number of hydrogen-bond acceptors (Lipinski definition) is 3. The van der Waals surface area contributed by atoms with Crippen LogP contribution >= 0.6 is 24.2 Å². The smallest absolute Gasteiger partial charge is 0.189 e. The van der Waals surface area contributed by atoms with Crippen molar-refractivity contribution in [1.29, 1.82) is 0 Å². The van der Waals surface area contributed by atoms with Crippen molar-refractivity contribution in [3.05, 3.63) is 22.7 Å². The van der Waals surface area contributed by atoms with Crippen molar-refractivity contribution in [2.24, 2.45) is 0 Å². The van der Waals surface area contributed by atoms with Crippen molar-refractivity contribution in [1.82, 2.24) is 0 Å². The lowest BCUT2D eigenvalue weighted by atomic mass is 10.2. The summed E-state index contributed by atoms with van der Waals surface area (Å²) in [6.07, 6.45) is 0. The Kier molecular flexibility index (Phi) is 2.89. The minimum absolute atomic E-state index is 0.125. The fourth-order valence-corrected chi connectivity index (χ4v) is 1.88. The summed E-state index contributed by atoms with van der Waals surface area (Å²) in [4.78, 5) is 0.0156. The predicted octanol–water partition coefficient (Wildman–Crippen LogP) is 2.60. The lowest BCUT2D eigenvalue weighted by Crippen LogP contribution is -1.93. The molecule has 0 fully saturated rings. The molecule has 1 aromatic carbocycles. The second kappa shape index (κ2) is 3.48. The van der Waals surface area contributed by atoms with E-state index in [2.05, 4.69) is 12.6 Å². The first kappa shape index (κ1) is 10.8. The molecule has 1 aromatic rings. The van der Waals surface area contributed by atoms with E-state index >= 15 is 0 Å². The zero-order valence-corrected chi connectivity index (χ0v) is 9.05. The quantitative estimate of drug-likeness (QED) is 0.605. The monoisotopic (exact) mass is 240 g/mol. The van der Waals surface area contributed by atoms with E-state index in [1.54, 1.807) is 6.92 Å². The lowest BCUT2D eigenvalue weighted by Gasteiger charge is -2.03. The van der Waals surface area contributed by atoms with Crippen LogP contribution in [0.5, 0.6) is 0 Å². The van der Waals surface area contributed by atoms with Gasteiger partial charge in [-0.25, -0.2) is 0 Å². The molecule has 0 bridgehead atoms. The summed E-state index contributed by atoms with van der Waals surface area (Å²) in [5.74, 6) is 0. The molecular weight excluding hydrogens is 235 g/mol. The number of rotatable bonds is 1. The molecule has 0 atom stereocenters. The summed E-state index contributed by atoms with van der Waals surface area (Å²) in [7, 11) is -4.68. The first-order valence-electron chi connectivity index (χ1n) is 3.26. The van der Waals surface area contributed by atoms with Gasteiger partial charge in [0.2, 0.25) is 0 Å². The molecule has 0 spiro atoms. The number of thiol groups is 1. The summed E-state index contributed by atoms with van der Waals surface area (Å²) >= 11 is 9.62. The van der Waals surface area contributed by atoms with E-state index in [9.17, 15) is 12.3 Å². The van der Waals surface area contributed by atoms with Crippen LogP contribution in [0.4, 0.5) is 3.89 Å². The highest BCUT2D eigenvalue weighted by molar-refractivity contribution is 7.86.